The zero-order chi connectivity index (χ0) is 25.0. The third kappa shape index (κ3) is 8.36. The van der Waals surface area contributed by atoms with Crippen molar-refractivity contribution in [3.05, 3.63) is 60.3 Å². The molecule has 1 aromatic carbocycles. The summed E-state index contributed by atoms with van der Waals surface area (Å²) in [4.78, 5) is 38.1. The number of benzene rings is 1. The Hall–Kier alpha value is -3.46. The van der Waals surface area contributed by atoms with E-state index in [0.717, 1.165) is 11.3 Å². The molecule has 9 nitrogen and oxygen atoms in total. The van der Waals surface area contributed by atoms with E-state index in [0.29, 0.717) is 64.2 Å². The molecule has 1 aliphatic rings. The highest BCUT2D eigenvalue weighted by molar-refractivity contribution is 5.82. The molecule has 1 unspecified atom stereocenters. The van der Waals surface area contributed by atoms with Crippen molar-refractivity contribution >= 4 is 17.8 Å². The number of hydrogen-bond acceptors (Lipinski definition) is 7. The second-order valence-electron chi connectivity index (χ2n) is 8.42. The number of rotatable bonds is 9. The van der Waals surface area contributed by atoms with Crippen LogP contribution in [0.2, 0.25) is 0 Å². The summed E-state index contributed by atoms with van der Waals surface area (Å²) in [5.74, 6) is 0.751. The van der Waals surface area contributed by atoms with Gasteiger partial charge in [-0.15, -0.1) is 6.58 Å². The Morgan fingerprint density at radius 1 is 1.20 bits per heavy atom. The summed E-state index contributed by atoms with van der Waals surface area (Å²) in [6.45, 7) is 10.4. The van der Waals surface area contributed by atoms with E-state index in [1.807, 2.05) is 42.2 Å². The maximum Gasteiger partial charge on any atom is 0.251 e. The molecule has 0 saturated carbocycles. The third-order valence-corrected chi connectivity index (χ3v) is 5.63. The number of hydrogen-bond donors (Lipinski definition) is 1. The molecule has 1 fully saturated rings. The second kappa shape index (κ2) is 13.4. The Morgan fingerprint density at radius 2 is 2.00 bits per heavy atom. The quantitative estimate of drug-likeness (QED) is 0.434. The highest BCUT2D eigenvalue weighted by Gasteiger charge is 2.24. The van der Waals surface area contributed by atoms with Crippen LogP contribution in [0.3, 0.4) is 0 Å². The van der Waals surface area contributed by atoms with E-state index in [1.165, 1.54) is 0 Å². The van der Waals surface area contributed by atoms with Gasteiger partial charge in [0, 0.05) is 50.9 Å². The normalized spacial score (nSPS) is 15.8. The molecule has 2 aromatic rings. The van der Waals surface area contributed by atoms with Crippen LogP contribution in [-0.4, -0.2) is 72.1 Å². The summed E-state index contributed by atoms with van der Waals surface area (Å²) in [6.07, 6.45) is 2.09. The standard InChI is InChI=1S/C26H35N5O4/c1-4-5-17-34-21(3)25(33)30-13-11-23(32)27-12-14-31(16-15-30)26-28-20(2)18-24(29-26)35-19-22-9-7-6-8-10-22/h4,6-10,18,21H,1,5,11-17,19H2,2-3H3,(H,27,32). The SMILES string of the molecule is C=CCCOC(C)C(=O)N1CCC(=O)NCCN(c2nc(C)cc(OCc3ccccc3)n2)CC1. The van der Waals surface area contributed by atoms with Crippen molar-refractivity contribution in [1.82, 2.24) is 20.2 Å². The van der Waals surface area contributed by atoms with Gasteiger partial charge in [-0.2, -0.15) is 4.98 Å². The summed E-state index contributed by atoms with van der Waals surface area (Å²) in [5.41, 5.74) is 1.82. The predicted molar refractivity (Wildman–Crippen MR) is 134 cm³/mol. The molecule has 0 spiro atoms. The Morgan fingerprint density at radius 3 is 2.77 bits per heavy atom. The molecule has 9 heteroatoms. The molecule has 1 N–H and O–H groups in total. The van der Waals surface area contributed by atoms with E-state index in [2.05, 4.69) is 21.9 Å². The molecule has 2 heterocycles. The Kier molecular flexibility index (Phi) is 10.0. The summed E-state index contributed by atoms with van der Waals surface area (Å²) in [6, 6.07) is 11.7. The van der Waals surface area contributed by atoms with Gasteiger partial charge in [0.05, 0.1) is 6.61 Å². The number of anilines is 1. The fraction of sp³-hybridized carbons (Fsp3) is 0.462. The van der Waals surface area contributed by atoms with E-state index < -0.39 is 6.10 Å². The van der Waals surface area contributed by atoms with E-state index in [4.69, 9.17) is 9.47 Å². The molecule has 1 aliphatic heterocycles. The van der Waals surface area contributed by atoms with E-state index >= 15 is 0 Å². The second-order valence-corrected chi connectivity index (χ2v) is 8.42. The van der Waals surface area contributed by atoms with Gasteiger partial charge >= 0.3 is 0 Å². The fourth-order valence-corrected chi connectivity index (χ4v) is 3.67. The lowest BCUT2D eigenvalue weighted by molar-refractivity contribution is -0.142. The average molecular weight is 482 g/mol. The molecular weight excluding hydrogens is 446 g/mol. The smallest absolute Gasteiger partial charge is 0.251 e. The van der Waals surface area contributed by atoms with Crippen LogP contribution in [0, 0.1) is 6.92 Å². The Labute approximate surface area is 207 Å². The first kappa shape index (κ1) is 26.2. The van der Waals surface area contributed by atoms with E-state index in [-0.39, 0.29) is 18.2 Å². The predicted octanol–water partition coefficient (Wildman–Crippen LogP) is 2.50. The lowest BCUT2D eigenvalue weighted by Crippen LogP contribution is -2.48. The van der Waals surface area contributed by atoms with Crippen LogP contribution in [0.15, 0.2) is 49.1 Å². The largest absolute Gasteiger partial charge is 0.473 e. The topological polar surface area (TPSA) is 96.9 Å². The number of nitrogens with one attached hydrogen (secondary N) is 1. The molecule has 1 saturated heterocycles. The molecule has 1 atom stereocenters. The van der Waals surface area contributed by atoms with Crippen LogP contribution in [0.4, 0.5) is 5.95 Å². The summed E-state index contributed by atoms with van der Waals surface area (Å²) in [5, 5.41) is 2.91. The lowest BCUT2D eigenvalue weighted by atomic mass is 10.2. The number of ether oxygens (including phenoxy) is 2. The molecule has 0 bridgehead atoms. The van der Waals surface area contributed by atoms with Crippen LogP contribution in [0.1, 0.15) is 31.0 Å². The van der Waals surface area contributed by atoms with Crippen molar-refractivity contribution in [2.45, 2.75) is 39.4 Å². The minimum Gasteiger partial charge on any atom is -0.473 e. The average Bonchev–Trinajstić information content (AvgIpc) is 2.86. The minimum atomic E-state index is -0.595. The van der Waals surface area contributed by atoms with Gasteiger partial charge in [-0.3, -0.25) is 9.59 Å². The van der Waals surface area contributed by atoms with Gasteiger partial charge in [0.15, 0.2) is 0 Å². The summed E-state index contributed by atoms with van der Waals surface area (Å²) in [7, 11) is 0. The van der Waals surface area contributed by atoms with Gasteiger partial charge in [0.1, 0.15) is 12.7 Å². The van der Waals surface area contributed by atoms with Gasteiger partial charge in [-0.1, -0.05) is 36.4 Å². The van der Waals surface area contributed by atoms with E-state index in [1.54, 1.807) is 24.0 Å². The van der Waals surface area contributed by atoms with Gasteiger partial charge < -0.3 is 24.6 Å². The van der Waals surface area contributed by atoms with Gasteiger partial charge in [0.2, 0.25) is 17.7 Å². The van der Waals surface area contributed by atoms with Crippen molar-refractivity contribution in [3.8, 4) is 5.88 Å². The third-order valence-electron chi connectivity index (χ3n) is 5.63. The first-order valence-electron chi connectivity index (χ1n) is 12.0. The van der Waals surface area contributed by atoms with Crippen LogP contribution < -0.4 is 15.0 Å². The number of aryl methyl sites for hydroxylation is 1. The van der Waals surface area contributed by atoms with Crippen molar-refractivity contribution < 1.29 is 19.1 Å². The first-order valence-corrected chi connectivity index (χ1v) is 12.0. The monoisotopic (exact) mass is 481 g/mol. The molecule has 1 aromatic heterocycles. The van der Waals surface area contributed by atoms with Gasteiger partial charge in [-0.25, -0.2) is 4.98 Å². The van der Waals surface area contributed by atoms with E-state index in [9.17, 15) is 9.59 Å². The highest BCUT2D eigenvalue weighted by atomic mass is 16.5. The first-order chi connectivity index (χ1) is 17.0. The minimum absolute atomic E-state index is 0.0954. The molecule has 2 amide bonds. The molecular formula is C26H35N5O4. The number of aromatic nitrogens is 2. The Bertz CT molecular complexity index is 985. The van der Waals surface area contributed by atoms with Crippen LogP contribution in [-0.2, 0) is 20.9 Å². The maximum absolute atomic E-state index is 13.0. The Balaban J connectivity index is 1.71. The molecule has 3 rings (SSSR count). The highest BCUT2D eigenvalue weighted by Crippen LogP contribution is 2.17. The van der Waals surface area contributed by atoms with Crippen LogP contribution in [0.25, 0.3) is 0 Å². The van der Waals surface area contributed by atoms with Crippen molar-refractivity contribution in [2.24, 2.45) is 0 Å². The number of nitrogens with zero attached hydrogens (tertiary/aromatic N) is 4. The maximum atomic E-state index is 13.0. The van der Waals surface area contributed by atoms with Crippen molar-refractivity contribution in [3.63, 3.8) is 0 Å². The van der Waals surface area contributed by atoms with Crippen LogP contribution in [0.5, 0.6) is 5.88 Å². The summed E-state index contributed by atoms with van der Waals surface area (Å²) < 4.78 is 11.6. The summed E-state index contributed by atoms with van der Waals surface area (Å²) >= 11 is 0. The van der Waals surface area contributed by atoms with Crippen molar-refractivity contribution in [2.75, 3.05) is 44.2 Å². The van der Waals surface area contributed by atoms with Gasteiger partial charge in [-0.05, 0) is 25.8 Å². The molecule has 35 heavy (non-hydrogen) atoms. The number of carbonyl (C=O) groups excluding carboxylic acids is 2. The fourth-order valence-electron chi connectivity index (χ4n) is 3.67. The number of amides is 2. The zero-order valence-electron chi connectivity index (χ0n) is 20.6. The number of carbonyl (C=O) groups is 2. The van der Waals surface area contributed by atoms with Gasteiger partial charge in [0.25, 0.3) is 5.91 Å². The molecule has 0 aliphatic carbocycles. The molecule has 0 radical (unpaired) electrons. The van der Waals surface area contributed by atoms with Crippen molar-refractivity contribution in [1.29, 1.82) is 0 Å². The zero-order valence-corrected chi connectivity index (χ0v) is 20.6. The lowest BCUT2D eigenvalue weighted by Gasteiger charge is -2.31. The molecule has 188 valence electrons. The van der Waals surface area contributed by atoms with Crippen LogP contribution >= 0.6 is 0 Å².